The molecule has 1 rings (SSSR count). The summed E-state index contributed by atoms with van der Waals surface area (Å²) in [5.74, 6) is 0.350. The zero-order valence-corrected chi connectivity index (χ0v) is 11.3. The summed E-state index contributed by atoms with van der Waals surface area (Å²) in [7, 11) is -3.38. The van der Waals surface area contributed by atoms with Crippen LogP contribution in [0.15, 0.2) is 11.0 Å². The van der Waals surface area contributed by atoms with Gasteiger partial charge in [-0.3, -0.25) is 0 Å². The Bertz CT molecular complexity index is 437. The van der Waals surface area contributed by atoms with Crippen LogP contribution in [0.2, 0.25) is 0 Å². The van der Waals surface area contributed by atoms with Crippen molar-refractivity contribution < 1.29 is 8.42 Å². The topological polar surface area (TPSA) is 46.2 Å². The highest BCUT2D eigenvalue weighted by atomic mass is 35.5. The number of nitrogens with one attached hydrogen (secondary N) is 1. The fourth-order valence-corrected chi connectivity index (χ4v) is 4.21. The van der Waals surface area contributed by atoms with Gasteiger partial charge in [0.25, 0.3) is 0 Å². The fourth-order valence-electron chi connectivity index (χ4n) is 1.23. The Labute approximate surface area is 99.5 Å². The Hall–Kier alpha value is -0.100. The van der Waals surface area contributed by atoms with E-state index >= 15 is 0 Å². The average molecular weight is 268 g/mol. The first-order chi connectivity index (χ1) is 6.86. The number of sulfonamides is 1. The van der Waals surface area contributed by atoms with Crippen LogP contribution in [0.3, 0.4) is 0 Å². The second-order valence-electron chi connectivity index (χ2n) is 3.54. The molecule has 0 fully saturated rings. The lowest BCUT2D eigenvalue weighted by Crippen LogP contribution is -2.30. The van der Waals surface area contributed by atoms with Crippen molar-refractivity contribution in [2.75, 3.05) is 0 Å². The van der Waals surface area contributed by atoms with Gasteiger partial charge in [0.05, 0.1) is 10.8 Å². The quantitative estimate of drug-likeness (QED) is 0.852. The van der Waals surface area contributed by atoms with Crippen molar-refractivity contribution in [1.29, 1.82) is 0 Å². The standard InChI is InChI=1S/C9H14ClNO2S2/c1-6(2)11-15(12,13)9-4-8(5-10)14-7(9)3/h4,6,11H,5H2,1-3H3. The smallest absolute Gasteiger partial charge is 0.209 e. The number of halogens is 1. The molecule has 0 aliphatic rings. The van der Waals surface area contributed by atoms with Gasteiger partial charge >= 0.3 is 0 Å². The van der Waals surface area contributed by atoms with E-state index in [0.29, 0.717) is 10.8 Å². The first kappa shape index (κ1) is 13.0. The molecule has 0 unspecified atom stereocenters. The van der Waals surface area contributed by atoms with Gasteiger partial charge in [0.1, 0.15) is 0 Å². The molecule has 1 heterocycles. The largest absolute Gasteiger partial charge is 0.241 e. The normalized spacial score (nSPS) is 12.3. The lowest BCUT2D eigenvalue weighted by Gasteiger charge is -2.08. The number of thiophene rings is 1. The second kappa shape index (κ2) is 4.82. The van der Waals surface area contributed by atoms with E-state index in [0.717, 1.165) is 9.75 Å². The molecule has 0 bridgehead atoms. The van der Waals surface area contributed by atoms with Crippen LogP contribution in [0.25, 0.3) is 0 Å². The Kier molecular flexibility index (Phi) is 4.17. The molecule has 0 aromatic carbocycles. The van der Waals surface area contributed by atoms with E-state index in [1.165, 1.54) is 11.3 Å². The molecule has 1 aromatic rings. The van der Waals surface area contributed by atoms with E-state index in [2.05, 4.69) is 4.72 Å². The van der Waals surface area contributed by atoms with Gasteiger partial charge in [-0.15, -0.1) is 22.9 Å². The maximum atomic E-state index is 11.8. The summed E-state index contributed by atoms with van der Waals surface area (Å²) in [5.41, 5.74) is 0. The minimum Gasteiger partial charge on any atom is -0.209 e. The summed E-state index contributed by atoms with van der Waals surface area (Å²) in [4.78, 5) is 1.99. The van der Waals surface area contributed by atoms with Crippen LogP contribution in [0.1, 0.15) is 23.6 Å². The zero-order chi connectivity index (χ0) is 11.6. The first-order valence-electron chi connectivity index (χ1n) is 4.54. The van der Waals surface area contributed by atoms with Crippen LogP contribution < -0.4 is 4.72 Å². The zero-order valence-electron chi connectivity index (χ0n) is 8.87. The van der Waals surface area contributed by atoms with E-state index < -0.39 is 10.0 Å². The number of alkyl halides is 1. The maximum absolute atomic E-state index is 11.8. The van der Waals surface area contributed by atoms with Crippen molar-refractivity contribution in [2.45, 2.75) is 37.6 Å². The molecule has 1 aromatic heterocycles. The van der Waals surface area contributed by atoms with Crippen LogP contribution in [0.4, 0.5) is 0 Å². The summed E-state index contributed by atoms with van der Waals surface area (Å²) >= 11 is 7.08. The fraction of sp³-hybridized carbons (Fsp3) is 0.556. The molecular formula is C9H14ClNO2S2. The third-order valence-electron chi connectivity index (χ3n) is 1.74. The van der Waals surface area contributed by atoms with Gasteiger partial charge in [0.2, 0.25) is 10.0 Å². The summed E-state index contributed by atoms with van der Waals surface area (Å²) < 4.78 is 26.2. The molecule has 0 saturated carbocycles. The first-order valence-corrected chi connectivity index (χ1v) is 7.38. The molecule has 0 atom stereocenters. The van der Waals surface area contributed by atoms with Crippen molar-refractivity contribution in [1.82, 2.24) is 4.72 Å². The molecule has 0 aliphatic carbocycles. The van der Waals surface area contributed by atoms with Crippen molar-refractivity contribution in [3.8, 4) is 0 Å². The molecule has 0 radical (unpaired) electrons. The van der Waals surface area contributed by atoms with E-state index in [9.17, 15) is 8.42 Å². The third-order valence-corrected chi connectivity index (χ3v) is 5.15. The van der Waals surface area contributed by atoms with Crippen LogP contribution in [-0.2, 0) is 15.9 Å². The molecule has 3 nitrogen and oxygen atoms in total. The van der Waals surface area contributed by atoms with Crippen molar-refractivity contribution >= 4 is 33.0 Å². The van der Waals surface area contributed by atoms with Crippen LogP contribution in [0.5, 0.6) is 0 Å². The predicted octanol–water partition coefficient (Wildman–Crippen LogP) is 2.48. The number of hydrogen-bond acceptors (Lipinski definition) is 3. The van der Waals surface area contributed by atoms with Gasteiger partial charge in [-0.2, -0.15) is 0 Å². The molecule has 1 N–H and O–H groups in total. The molecule has 0 amide bonds. The highest BCUT2D eigenvalue weighted by Crippen LogP contribution is 2.26. The van der Waals surface area contributed by atoms with Crippen LogP contribution >= 0.6 is 22.9 Å². The van der Waals surface area contributed by atoms with Crippen molar-refractivity contribution in [2.24, 2.45) is 0 Å². The van der Waals surface area contributed by atoms with E-state index in [1.54, 1.807) is 26.8 Å². The lowest BCUT2D eigenvalue weighted by atomic mass is 10.4. The second-order valence-corrected chi connectivity index (χ2v) is 6.83. The minimum atomic E-state index is -3.38. The van der Waals surface area contributed by atoms with Crippen LogP contribution in [0, 0.1) is 6.92 Å². The highest BCUT2D eigenvalue weighted by Gasteiger charge is 2.20. The maximum Gasteiger partial charge on any atom is 0.241 e. The number of hydrogen-bond donors (Lipinski definition) is 1. The highest BCUT2D eigenvalue weighted by molar-refractivity contribution is 7.89. The van der Waals surface area contributed by atoms with Crippen LogP contribution in [-0.4, -0.2) is 14.5 Å². The van der Waals surface area contributed by atoms with Gasteiger partial charge in [0.15, 0.2) is 0 Å². The molecule has 6 heteroatoms. The SMILES string of the molecule is Cc1sc(CCl)cc1S(=O)(=O)NC(C)C. The van der Waals surface area contributed by atoms with E-state index in [-0.39, 0.29) is 6.04 Å². The molecule has 86 valence electrons. The minimum absolute atomic E-state index is 0.103. The van der Waals surface area contributed by atoms with E-state index in [1.807, 2.05) is 0 Å². The van der Waals surface area contributed by atoms with Gasteiger partial charge in [0, 0.05) is 15.8 Å². The molecule has 0 spiro atoms. The summed E-state index contributed by atoms with van der Waals surface area (Å²) in [5, 5.41) is 0. The lowest BCUT2D eigenvalue weighted by molar-refractivity contribution is 0.569. The van der Waals surface area contributed by atoms with Crippen molar-refractivity contribution in [3.63, 3.8) is 0 Å². The monoisotopic (exact) mass is 267 g/mol. The number of rotatable bonds is 4. The van der Waals surface area contributed by atoms with E-state index in [4.69, 9.17) is 11.6 Å². The average Bonchev–Trinajstić information content (AvgIpc) is 2.45. The Morgan fingerprint density at radius 1 is 1.53 bits per heavy atom. The van der Waals surface area contributed by atoms with Gasteiger partial charge in [-0.1, -0.05) is 0 Å². The third kappa shape index (κ3) is 3.17. The molecular weight excluding hydrogens is 254 g/mol. The van der Waals surface area contributed by atoms with Gasteiger partial charge in [-0.25, -0.2) is 13.1 Å². The Morgan fingerprint density at radius 2 is 2.13 bits per heavy atom. The van der Waals surface area contributed by atoms with Gasteiger partial charge < -0.3 is 0 Å². The Balaban J connectivity index is 3.09. The molecule has 0 saturated heterocycles. The molecule has 15 heavy (non-hydrogen) atoms. The summed E-state index contributed by atoms with van der Waals surface area (Å²) in [6, 6.07) is 1.53. The Morgan fingerprint density at radius 3 is 2.53 bits per heavy atom. The number of aryl methyl sites for hydroxylation is 1. The molecule has 0 aliphatic heterocycles. The predicted molar refractivity (Wildman–Crippen MR) is 64.1 cm³/mol. The van der Waals surface area contributed by atoms with Crippen molar-refractivity contribution in [3.05, 3.63) is 15.8 Å². The summed E-state index contributed by atoms with van der Waals surface area (Å²) in [6.45, 7) is 5.37. The summed E-state index contributed by atoms with van der Waals surface area (Å²) in [6.07, 6.45) is 0. The van der Waals surface area contributed by atoms with Gasteiger partial charge in [-0.05, 0) is 26.8 Å².